The van der Waals surface area contributed by atoms with Gasteiger partial charge in [-0.05, 0) is 5.41 Å². The lowest BCUT2D eigenvalue weighted by Crippen LogP contribution is -2.12. The zero-order valence-corrected chi connectivity index (χ0v) is 9.26. The Kier molecular flexibility index (Phi) is 3.07. The predicted molar refractivity (Wildman–Crippen MR) is 54.9 cm³/mol. The van der Waals surface area contributed by atoms with E-state index in [0.717, 1.165) is 6.42 Å². The summed E-state index contributed by atoms with van der Waals surface area (Å²) >= 11 is 5.78. The van der Waals surface area contributed by atoms with Crippen LogP contribution in [0.1, 0.15) is 32.2 Å². The predicted octanol–water partition coefficient (Wildman–Crippen LogP) is 2.59. The van der Waals surface area contributed by atoms with E-state index in [4.69, 9.17) is 16.9 Å². The Balaban J connectivity index is 2.94. The molecule has 0 aliphatic heterocycles. The second-order valence-corrected chi connectivity index (χ2v) is 4.70. The van der Waals surface area contributed by atoms with Crippen LogP contribution < -0.4 is 0 Å². The van der Waals surface area contributed by atoms with Crippen molar-refractivity contribution in [3.05, 3.63) is 22.7 Å². The zero-order valence-electron chi connectivity index (χ0n) is 8.50. The maximum absolute atomic E-state index is 8.63. The molecule has 0 unspecified atom stereocenters. The van der Waals surface area contributed by atoms with E-state index in [9.17, 15) is 0 Å². The molecule has 14 heavy (non-hydrogen) atoms. The number of halogens is 1. The van der Waals surface area contributed by atoms with E-state index >= 15 is 0 Å². The summed E-state index contributed by atoms with van der Waals surface area (Å²) < 4.78 is 0. The number of nitriles is 1. The van der Waals surface area contributed by atoms with Crippen LogP contribution in [0.3, 0.4) is 0 Å². The molecule has 0 amide bonds. The van der Waals surface area contributed by atoms with Gasteiger partial charge in [0.05, 0.1) is 0 Å². The lowest BCUT2D eigenvalue weighted by Gasteiger charge is -2.16. The smallest absolute Gasteiger partial charge is 0.150 e. The summed E-state index contributed by atoms with van der Waals surface area (Å²) in [6.45, 7) is 6.30. The molecule has 0 spiro atoms. The summed E-state index contributed by atoms with van der Waals surface area (Å²) in [6.07, 6.45) is 2.22. The van der Waals surface area contributed by atoms with Gasteiger partial charge in [0.25, 0.3) is 0 Å². The van der Waals surface area contributed by atoms with Gasteiger partial charge in [0.1, 0.15) is 17.5 Å². The van der Waals surface area contributed by atoms with E-state index in [1.54, 1.807) is 0 Å². The minimum Gasteiger partial charge on any atom is -0.240 e. The van der Waals surface area contributed by atoms with Gasteiger partial charge in [-0.3, -0.25) is 0 Å². The van der Waals surface area contributed by atoms with E-state index in [1.807, 2.05) is 6.07 Å². The topological polar surface area (TPSA) is 49.6 Å². The molecule has 1 heterocycles. The van der Waals surface area contributed by atoms with Crippen LogP contribution in [0.25, 0.3) is 0 Å². The van der Waals surface area contributed by atoms with Gasteiger partial charge in [-0.25, -0.2) is 9.97 Å². The maximum atomic E-state index is 8.63. The summed E-state index contributed by atoms with van der Waals surface area (Å²) in [6, 6.07) is 1.93. The number of rotatable bonds is 1. The Morgan fingerprint density at radius 1 is 1.50 bits per heavy atom. The lowest BCUT2D eigenvalue weighted by atomic mass is 9.92. The van der Waals surface area contributed by atoms with Crippen LogP contribution in [-0.4, -0.2) is 9.97 Å². The average molecular weight is 210 g/mol. The summed E-state index contributed by atoms with van der Waals surface area (Å²) in [5.41, 5.74) is 0.446. The Labute approximate surface area is 88.8 Å². The lowest BCUT2D eigenvalue weighted by molar-refractivity contribution is 0.400. The fourth-order valence-corrected chi connectivity index (χ4v) is 1.22. The summed E-state index contributed by atoms with van der Waals surface area (Å²) in [4.78, 5) is 8.14. The van der Waals surface area contributed by atoms with Crippen LogP contribution in [0.5, 0.6) is 0 Å². The highest BCUT2D eigenvalue weighted by molar-refractivity contribution is 6.30. The Morgan fingerprint density at radius 2 is 2.14 bits per heavy atom. The van der Waals surface area contributed by atoms with Gasteiger partial charge < -0.3 is 0 Å². The molecule has 0 radical (unpaired) electrons. The molecule has 0 N–H and O–H groups in total. The van der Waals surface area contributed by atoms with Crippen LogP contribution in [0, 0.1) is 16.7 Å². The SMILES string of the molecule is CC(C)(C)Cc1ncc(C#N)c(Cl)n1. The van der Waals surface area contributed by atoms with Crippen molar-refractivity contribution in [3.63, 3.8) is 0 Å². The molecule has 74 valence electrons. The van der Waals surface area contributed by atoms with Crippen LogP contribution in [0.4, 0.5) is 0 Å². The van der Waals surface area contributed by atoms with Crippen LogP contribution in [0.2, 0.25) is 5.15 Å². The minimum absolute atomic E-state index is 0.123. The van der Waals surface area contributed by atoms with Crippen molar-refractivity contribution in [2.24, 2.45) is 5.41 Å². The molecule has 4 heteroatoms. The first-order chi connectivity index (χ1) is 6.42. The maximum Gasteiger partial charge on any atom is 0.150 e. The molecule has 0 fully saturated rings. The second-order valence-electron chi connectivity index (χ2n) is 4.34. The minimum atomic E-state index is 0.123. The molecule has 0 atom stereocenters. The van der Waals surface area contributed by atoms with Crippen molar-refractivity contribution in [1.82, 2.24) is 9.97 Å². The van der Waals surface area contributed by atoms with E-state index in [0.29, 0.717) is 11.4 Å². The van der Waals surface area contributed by atoms with E-state index in [-0.39, 0.29) is 10.6 Å². The summed E-state index contributed by atoms with van der Waals surface area (Å²) in [5, 5.41) is 8.87. The third-order valence-corrected chi connectivity index (χ3v) is 1.89. The largest absolute Gasteiger partial charge is 0.240 e. The molecule has 0 saturated carbocycles. The van der Waals surface area contributed by atoms with Crippen molar-refractivity contribution in [3.8, 4) is 6.07 Å². The third-order valence-electron chi connectivity index (χ3n) is 1.60. The first kappa shape index (κ1) is 10.9. The molecule has 0 aliphatic rings. The summed E-state index contributed by atoms with van der Waals surface area (Å²) in [7, 11) is 0. The quantitative estimate of drug-likeness (QED) is 0.668. The summed E-state index contributed by atoms with van der Waals surface area (Å²) in [5.74, 6) is 0.682. The fourth-order valence-electron chi connectivity index (χ4n) is 1.03. The molecule has 1 aromatic rings. The first-order valence-corrected chi connectivity index (χ1v) is 4.72. The normalized spacial score (nSPS) is 11.1. The molecule has 0 saturated heterocycles. The van der Waals surface area contributed by atoms with Crippen molar-refractivity contribution in [2.45, 2.75) is 27.2 Å². The second kappa shape index (κ2) is 3.93. The van der Waals surface area contributed by atoms with E-state index in [1.165, 1.54) is 6.20 Å². The Hall–Kier alpha value is -1.14. The van der Waals surface area contributed by atoms with Gasteiger partial charge >= 0.3 is 0 Å². The van der Waals surface area contributed by atoms with Gasteiger partial charge in [-0.2, -0.15) is 5.26 Å². The molecule has 0 bridgehead atoms. The van der Waals surface area contributed by atoms with Crippen molar-refractivity contribution in [1.29, 1.82) is 5.26 Å². The fraction of sp³-hybridized carbons (Fsp3) is 0.500. The van der Waals surface area contributed by atoms with Crippen LogP contribution in [0.15, 0.2) is 6.20 Å². The highest BCUT2D eigenvalue weighted by atomic mass is 35.5. The van der Waals surface area contributed by atoms with Gasteiger partial charge in [-0.1, -0.05) is 32.4 Å². The van der Waals surface area contributed by atoms with Gasteiger partial charge in [-0.15, -0.1) is 0 Å². The number of hydrogen-bond donors (Lipinski definition) is 0. The molecule has 3 nitrogen and oxygen atoms in total. The van der Waals surface area contributed by atoms with Crippen molar-refractivity contribution >= 4 is 11.6 Å². The average Bonchev–Trinajstić information content (AvgIpc) is 2.01. The highest BCUT2D eigenvalue weighted by Gasteiger charge is 2.14. The molecule has 1 rings (SSSR count). The molecular weight excluding hydrogens is 198 g/mol. The molecule has 0 aromatic carbocycles. The number of nitrogens with zero attached hydrogens (tertiary/aromatic N) is 3. The van der Waals surface area contributed by atoms with Crippen molar-refractivity contribution in [2.75, 3.05) is 0 Å². The van der Waals surface area contributed by atoms with Gasteiger partial charge in [0.15, 0.2) is 5.15 Å². The molecular formula is C10H12ClN3. The van der Waals surface area contributed by atoms with Gasteiger partial charge in [0, 0.05) is 12.6 Å². The first-order valence-electron chi connectivity index (χ1n) is 4.34. The molecule has 1 aromatic heterocycles. The van der Waals surface area contributed by atoms with Gasteiger partial charge in [0.2, 0.25) is 0 Å². The Bertz CT molecular complexity index is 374. The molecule has 0 aliphatic carbocycles. The van der Waals surface area contributed by atoms with Crippen molar-refractivity contribution < 1.29 is 0 Å². The zero-order chi connectivity index (χ0) is 10.8. The van der Waals surface area contributed by atoms with Crippen LogP contribution >= 0.6 is 11.6 Å². The highest BCUT2D eigenvalue weighted by Crippen LogP contribution is 2.19. The number of hydrogen-bond acceptors (Lipinski definition) is 3. The third kappa shape index (κ3) is 2.97. The van der Waals surface area contributed by atoms with E-state index < -0.39 is 0 Å². The van der Waals surface area contributed by atoms with E-state index in [2.05, 4.69) is 30.7 Å². The standard InChI is InChI=1S/C10H12ClN3/c1-10(2,3)4-8-13-6-7(5-12)9(11)14-8/h6H,4H2,1-3H3. The number of aromatic nitrogens is 2. The monoisotopic (exact) mass is 209 g/mol. The van der Waals surface area contributed by atoms with Crippen LogP contribution in [-0.2, 0) is 6.42 Å². The Morgan fingerprint density at radius 3 is 2.57 bits per heavy atom.